The Kier molecular flexibility index (Phi) is 5.17. The Labute approximate surface area is 136 Å². The molecule has 0 radical (unpaired) electrons. The molecule has 0 spiro atoms. The molecule has 2 rings (SSSR count). The van der Waals surface area contributed by atoms with Crippen LogP contribution in [0.25, 0.3) is 0 Å². The molecular formula is C13H15BrN2O5S. The molecule has 0 unspecified atom stereocenters. The third-order valence-corrected chi connectivity index (χ3v) is 5.60. The molecule has 0 aliphatic carbocycles. The van der Waals surface area contributed by atoms with Crippen LogP contribution in [0.1, 0.15) is 16.8 Å². The minimum Gasteiger partial charge on any atom is -0.452 e. The van der Waals surface area contributed by atoms with Crippen LogP contribution < -0.4 is 0 Å². The van der Waals surface area contributed by atoms with E-state index in [4.69, 9.17) is 4.74 Å². The van der Waals surface area contributed by atoms with Crippen LogP contribution in [-0.2, 0) is 19.4 Å². The van der Waals surface area contributed by atoms with Crippen molar-refractivity contribution >= 4 is 37.6 Å². The highest BCUT2D eigenvalue weighted by atomic mass is 79.9. The first kappa shape index (κ1) is 16.9. The van der Waals surface area contributed by atoms with Crippen LogP contribution in [-0.4, -0.2) is 61.4 Å². The van der Waals surface area contributed by atoms with Gasteiger partial charge in [0.2, 0.25) is 0 Å². The van der Waals surface area contributed by atoms with Gasteiger partial charge in [0.05, 0.1) is 17.1 Å². The second-order valence-corrected chi connectivity index (χ2v) is 8.17. The van der Waals surface area contributed by atoms with Gasteiger partial charge in [-0.25, -0.2) is 13.2 Å². The minimum atomic E-state index is -3.07. The van der Waals surface area contributed by atoms with Gasteiger partial charge in [0, 0.05) is 30.0 Å². The zero-order valence-electron chi connectivity index (χ0n) is 11.9. The van der Waals surface area contributed by atoms with E-state index in [9.17, 15) is 18.0 Å². The Morgan fingerprint density at radius 1 is 1.45 bits per heavy atom. The molecule has 7 nitrogen and oxygen atoms in total. The first-order chi connectivity index (χ1) is 10.3. The molecule has 1 saturated heterocycles. The number of halogens is 1. The van der Waals surface area contributed by atoms with E-state index in [0.29, 0.717) is 10.9 Å². The highest BCUT2D eigenvalue weighted by Gasteiger charge is 2.32. The van der Waals surface area contributed by atoms with Gasteiger partial charge in [-0.1, -0.05) is 0 Å². The maximum Gasteiger partial charge on any atom is 0.340 e. The Bertz CT molecular complexity index is 691. The molecule has 9 heteroatoms. The molecule has 1 aromatic rings. The Hall–Kier alpha value is -1.48. The summed E-state index contributed by atoms with van der Waals surface area (Å²) in [5.74, 6) is -1.05. The average molecular weight is 391 g/mol. The maximum atomic E-state index is 12.0. The number of hydrogen-bond acceptors (Lipinski definition) is 6. The van der Waals surface area contributed by atoms with Gasteiger partial charge in [-0.2, -0.15) is 0 Å². The van der Waals surface area contributed by atoms with Gasteiger partial charge in [0.25, 0.3) is 5.91 Å². The lowest BCUT2D eigenvalue weighted by atomic mass is 10.2. The van der Waals surface area contributed by atoms with E-state index in [0.717, 1.165) is 0 Å². The van der Waals surface area contributed by atoms with Gasteiger partial charge in [-0.15, -0.1) is 0 Å². The van der Waals surface area contributed by atoms with Gasteiger partial charge in [0.15, 0.2) is 16.4 Å². The number of ether oxygens (including phenoxy) is 1. The monoisotopic (exact) mass is 390 g/mol. The van der Waals surface area contributed by atoms with Crippen LogP contribution in [0.2, 0.25) is 0 Å². The topological polar surface area (TPSA) is 93.6 Å². The van der Waals surface area contributed by atoms with Crippen molar-refractivity contribution in [2.75, 3.05) is 25.2 Å². The van der Waals surface area contributed by atoms with Gasteiger partial charge < -0.3 is 9.64 Å². The lowest BCUT2D eigenvalue weighted by molar-refractivity contribution is -0.134. The largest absolute Gasteiger partial charge is 0.452 e. The molecular weight excluding hydrogens is 376 g/mol. The van der Waals surface area contributed by atoms with Gasteiger partial charge >= 0.3 is 5.97 Å². The first-order valence-corrected chi connectivity index (χ1v) is 9.14. The third kappa shape index (κ3) is 4.26. The van der Waals surface area contributed by atoms with E-state index >= 15 is 0 Å². The maximum absolute atomic E-state index is 12.0. The predicted molar refractivity (Wildman–Crippen MR) is 82.0 cm³/mol. The standard InChI is InChI=1S/C13H15BrN2O5S/c1-16(11-2-3-22(19,20)8-11)12(17)7-21-13(18)9-4-10(14)6-15-5-9/h4-6,11H,2-3,7-8H2,1H3/t11-/m0/s1. The number of amides is 1. The van der Waals surface area contributed by atoms with Crippen LogP contribution in [0.15, 0.2) is 22.9 Å². The van der Waals surface area contributed by atoms with Gasteiger partial charge in [0.1, 0.15) is 0 Å². The molecule has 1 aliphatic rings. The number of esters is 1. The predicted octanol–water partition coefficient (Wildman–Crippen LogP) is 0.646. The molecule has 0 aromatic carbocycles. The summed E-state index contributed by atoms with van der Waals surface area (Å²) in [6, 6.07) is 1.18. The Balaban J connectivity index is 1.88. The van der Waals surface area contributed by atoms with E-state index in [1.807, 2.05) is 0 Å². The zero-order valence-corrected chi connectivity index (χ0v) is 14.3. The van der Waals surface area contributed by atoms with Crippen molar-refractivity contribution in [3.63, 3.8) is 0 Å². The number of rotatable bonds is 4. The molecule has 1 aliphatic heterocycles. The van der Waals surface area contributed by atoms with Crippen molar-refractivity contribution < 1.29 is 22.7 Å². The molecule has 0 N–H and O–H groups in total. The summed E-state index contributed by atoms with van der Waals surface area (Å²) >= 11 is 3.19. The van der Waals surface area contributed by atoms with Crippen LogP contribution in [0.4, 0.5) is 0 Å². The molecule has 0 bridgehead atoms. The molecule has 120 valence electrons. The fourth-order valence-corrected chi connectivity index (χ4v) is 4.26. The lowest BCUT2D eigenvalue weighted by Crippen LogP contribution is -2.40. The van der Waals surface area contributed by atoms with Crippen molar-refractivity contribution in [1.82, 2.24) is 9.88 Å². The number of pyridine rings is 1. The van der Waals surface area contributed by atoms with E-state index < -0.39 is 28.3 Å². The molecule has 2 heterocycles. The number of carbonyl (C=O) groups excluding carboxylic acids is 2. The van der Waals surface area contributed by atoms with Gasteiger partial charge in [-0.3, -0.25) is 9.78 Å². The smallest absolute Gasteiger partial charge is 0.340 e. The molecule has 22 heavy (non-hydrogen) atoms. The summed E-state index contributed by atoms with van der Waals surface area (Å²) in [5, 5.41) is 0. The summed E-state index contributed by atoms with van der Waals surface area (Å²) in [7, 11) is -1.55. The summed E-state index contributed by atoms with van der Waals surface area (Å²) in [4.78, 5) is 28.9. The van der Waals surface area contributed by atoms with E-state index in [2.05, 4.69) is 20.9 Å². The zero-order chi connectivity index (χ0) is 16.3. The lowest BCUT2D eigenvalue weighted by Gasteiger charge is -2.23. The highest BCUT2D eigenvalue weighted by molar-refractivity contribution is 9.10. The number of hydrogen-bond donors (Lipinski definition) is 0. The fraction of sp³-hybridized carbons (Fsp3) is 0.462. The number of aromatic nitrogens is 1. The van der Waals surface area contributed by atoms with Crippen molar-refractivity contribution in [3.8, 4) is 0 Å². The van der Waals surface area contributed by atoms with E-state index in [1.54, 1.807) is 0 Å². The summed E-state index contributed by atoms with van der Waals surface area (Å²) in [6.07, 6.45) is 3.27. The fourth-order valence-electron chi connectivity index (χ4n) is 2.12. The van der Waals surface area contributed by atoms with Crippen LogP contribution in [0, 0.1) is 0 Å². The molecule has 1 aromatic heterocycles. The number of sulfone groups is 1. The van der Waals surface area contributed by atoms with Crippen LogP contribution >= 0.6 is 15.9 Å². The summed E-state index contributed by atoms with van der Waals surface area (Å²) < 4.78 is 28.4. The normalized spacial score (nSPS) is 19.6. The summed E-state index contributed by atoms with van der Waals surface area (Å²) in [6.45, 7) is -0.432. The minimum absolute atomic E-state index is 0.0429. The number of likely N-dealkylation sites (N-methyl/N-ethyl adjacent to an activating group) is 1. The van der Waals surface area contributed by atoms with Crippen molar-refractivity contribution in [3.05, 3.63) is 28.5 Å². The Morgan fingerprint density at radius 2 is 2.18 bits per heavy atom. The molecule has 1 atom stereocenters. The SMILES string of the molecule is CN(C(=O)COC(=O)c1cncc(Br)c1)[C@H]1CCS(=O)(=O)C1. The number of carbonyl (C=O) groups is 2. The van der Waals surface area contributed by atoms with E-state index in [-0.39, 0.29) is 23.1 Å². The first-order valence-electron chi connectivity index (χ1n) is 6.52. The number of nitrogens with zero attached hydrogens (tertiary/aromatic N) is 2. The van der Waals surface area contributed by atoms with Crippen molar-refractivity contribution in [2.45, 2.75) is 12.5 Å². The third-order valence-electron chi connectivity index (χ3n) is 3.42. The second-order valence-electron chi connectivity index (χ2n) is 5.03. The van der Waals surface area contributed by atoms with Crippen LogP contribution in [0.5, 0.6) is 0 Å². The molecule has 0 saturated carbocycles. The van der Waals surface area contributed by atoms with Crippen LogP contribution in [0.3, 0.4) is 0 Å². The highest BCUT2D eigenvalue weighted by Crippen LogP contribution is 2.17. The average Bonchev–Trinajstić information content (AvgIpc) is 2.83. The van der Waals surface area contributed by atoms with E-state index in [1.165, 1.54) is 30.4 Å². The summed E-state index contributed by atoms with van der Waals surface area (Å²) in [5.41, 5.74) is 0.230. The Morgan fingerprint density at radius 3 is 2.77 bits per heavy atom. The second kappa shape index (κ2) is 6.74. The quantitative estimate of drug-likeness (QED) is 0.700. The van der Waals surface area contributed by atoms with Gasteiger partial charge in [-0.05, 0) is 28.4 Å². The van der Waals surface area contributed by atoms with Crippen molar-refractivity contribution in [1.29, 1.82) is 0 Å². The molecule has 1 fully saturated rings. The molecule has 1 amide bonds. The van der Waals surface area contributed by atoms with Crippen molar-refractivity contribution in [2.24, 2.45) is 0 Å².